The van der Waals surface area contributed by atoms with Crippen LogP contribution in [0.15, 0.2) is 18.2 Å². The summed E-state index contributed by atoms with van der Waals surface area (Å²) in [4.78, 5) is 0. The predicted molar refractivity (Wildman–Crippen MR) is 87.3 cm³/mol. The van der Waals surface area contributed by atoms with Gasteiger partial charge in [0.05, 0.1) is 11.5 Å². The third kappa shape index (κ3) is 2.11. The molecule has 0 aromatic heterocycles. The highest BCUT2D eigenvalue weighted by Gasteiger charge is 2.51. The summed E-state index contributed by atoms with van der Waals surface area (Å²) in [6.07, 6.45) is 5.82. The first-order chi connectivity index (χ1) is 9.90. The van der Waals surface area contributed by atoms with E-state index in [0.29, 0.717) is 11.8 Å². The summed E-state index contributed by atoms with van der Waals surface area (Å²) in [5, 5.41) is 9.72. The van der Waals surface area contributed by atoms with Crippen LogP contribution in [-0.2, 0) is 11.8 Å². The molecule has 0 spiro atoms. The lowest BCUT2D eigenvalue weighted by atomic mass is 9.50. The van der Waals surface area contributed by atoms with Crippen molar-refractivity contribution in [2.75, 3.05) is 0 Å². The summed E-state index contributed by atoms with van der Waals surface area (Å²) < 4.78 is 0. The molecular formula is C20H27N. The van der Waals surface area contributed by atoms with Crippen LogP contribution in [0.3, 0.4) is 0 Å². The van der Waals surface area contributed by atoms with Gasteiger partial charge in [0.2, 0.25) is 0 Å². The minimum atomic E-state index is -0.137. The zero-order valence-electron chi connectivity index (χ0n) is 13.9. The maximum atomic E-state index is 9.72. The Bertz CT molecular complexity index is 594. The van der Waals surface area contributed by atoms with Gasteiger partial charge in [0.1, 0.15) is 0 Å². The molecule has 3 atom stereocenters. The van der Waals surface area contributed by atoms with Crippen LogP contribution in [0.2, 0.25) is 0 Å². The lowest BCUT2D eigenvalue weighted by Gasteiger charge is -2.53. The van der Waals surface area contributed by atoms with Gasteiger partial charge in [-0.1, -0.05) is 45.4 Å². The van der Waals surface area contributed by atoms with Crippen molar-refractivity contribution in [1.29, 1.82) is 5.26 Å². The minimum Gasteiger partial charge on any atom is -0.198 e. The van der Waals surface area contributed by atoms with E-state index in [-0.39, 0.29) is 10.8 Å². The standard InChI is InChI=1S/C20H27N/c1-14(2)15-6-8-17-16(12-15)7-9-18-19(3,13-21)10-5-11-20(17,18)4/h6,8,12,14,18H,5,7,9-11H2,1-4H3/t18-,19-,20-/m0/s1. The Kier molecular flexibility index (Phi) is 3.40. The van der Waals surface area contributed by atoms with Gasteiger partial charge in [-0.3, -0.25) is 0 Å². The van der Waals surface area contributed by atoms with Crippen molar-refractivity contribution in [2.24, 2.45) is 11.3 Å². The van der Waals surface area contributed by atoms with Gasteiger partial charge >= 0.3 is 0 Å². The molecule has 21 heavy (non-hydrogen) atoms. The molecular weight excluding hydrogens is 254 g/mol. The van der Waals surface area contributed by atoms with Crippen molar-refractivity contribution < 1.29 is 0 Å². The van der Waals surface area contributed by atoms with Crippen LogP contribution >= 0.6 is 0 Å². The third-order valence-corrected chi connectivity index (χ3v) is 6.30. The van der Waals surface area contributed by atoms with Crippen LogP contribution in [0.1, 0.15) is 76.0 Å². The number of fused-ring (bicyclic) bond motifs is 3. The summed E-state index contributed by atoms with van der Waals surface area (Å²) in [5.41, 5.74) is 4.59. The Morgan fingerprint density at radius 3 is 2.67 bits per heavy atom. The van der Waals surface area contributed by atoms with E-state index in [2.05, 4.69) is 52.0 Å². The first-order valence-corrected chi connectivity index (χ1v) is 8.45. The molecule has 3 rings (SSSR count). The Morgan fingerprint density at radius 2 is 2.00 bits per heavy atom. The molecule has 1 saturated carbocycles. The van der Waals surface area contributed by atoms with E-state index in [1.165, 1.54) is 30.4 Å². The van der Waals surface area contributed by atoms with E-state index in [1.807, 2.05) is 0 Å². The van der Waals surface area contributed by atoms with Crippen LogP contribution in [0, 0.1) is 22.7 Å². The highest BCUT2D eigenvalue weighted by molar-refractivity contribution is 5.42. The summed E-state index contributed by atoms with van der Waals surface area (Å²) in [6.45, 7) is 9.15. The molecule has 1 aromatic carbocycles. The van der Waals surface area contributed by atoms with Crippen molar-refractivity contribution in [3.8, 4) is 6.07 Å². The average molecular weight is 281 g/mol. The van der Waals surface area contributed by atoms with Crippen molar-refractivity contribution in [3.63, 3.8) is 0 Å². The lowest BCUT2D eigenvalue weighted by Crippen LogP contribution is -2.48. The van der Waals surface area contributed by atoms with Crippen molar-refractivity contribution in [2.45, 2.75) is 71.1 Å². The number of hydrogen-bond donors (Lipinski definition) is 0. The summed E-state index contributed by atoms with van der Waals surface area (Å²) in [6, 6.07) is 9.79. The van der Waals surface area contributed by atoms with Gasteiger partial charge in [0.15, 0.2) is 0 Å². The average Bonchev–Trinajstić information content (AvgIpc) is 2.46. The fourth-order valence-electron chi connectivity index (χ4n) is 5.00. The highest BCUT2D eigenvalue weighted by Crippen LogP contribution is 2.57. The maximum Gasteiger partial charge on any atom is 0.0690 e. The SMILES string of the molecule is CC(C)c1ccc2c(c1)CC[C@@H]1[C@@]2(C)CCC[C@@]1(C)C#N. The molecule has 112 valence electrons. The number of aryl methyl sites for hydroxylation is 1. The summed E-state index contributed by atoms with van der Waals surface area (Å²) in [7, 11) is 0. The first kappa shape index (κ1) is 14.6. The van der Waals surface area contributed by atoms with Crippen molar-refractivity contribution in [1.82, 2.24) is 0 Å². The van der Waals surface area contributed by atoms with Crippen LogP contribution in [0.25, 0.3) is 0 Å². The van der Waals surface area contributed by atoms with E-state index in [0.717, 1.165) is 12.8 Å². The topological polar surface area (TPSA) is 23.8 Å². The zero-order chi connectivity index (χ0) is 15.3. The molecule has 0 heterocycles. The molecule has 2 aliphatic rings. The summed E-state index contributed by atoms with van der Waals surface area (Å²) in [5.74, 6) is 1.11. The first-order valence-electron chi connectivity index (χ1n) is 8.45. The van der Waals surface area contributed by atoms with Gasteiger partial charge in [-0.2, -0.15) is 5.26 Å². The Hall–Kier alpha value is -1.29. The van der Waals surface area contributed by atoms with Gasteiger partial charge in [-0.05, 0) is 66.5 Å². The number of nitrogens with zero attached hydrogens (tertiary/aromatic N) is 1. The predicted octanol–water partition coefficient (Wildman–Crippen LogP) is 5.34. The molecule has 0 bridgehead atoms. The van der Waals surface area contributed by atoms with Crippen LogP contribution in [-0.4, -0.2) is 0 Å². The quantitative estimate of drug-likeness (QED) is 0.681. The highest BCUT2D eigenvalue weighted by atomic mass is 14.6. The van der Waals surface area contributed by atoms with Crippen molar-refractivity contribution in [3.05, 3.63) is 34.9 Å². The lowest BCUT2D eigenvalue weighted by molar-refractivity contribution is 0.0688. The molecule has 0 amide bonds. The maximum absolute atomic E-state index is 9.72. The van der Waals surface area contributed by atoms with E-state index in [9.17, 15) is 5.26 Å². The second kappa shape index (κ2) is 4.87. The van der Waals surface area contributed by atoms with Crippen LogP contribution in [0.4, 0.5) is 0 Å². The number of benzene rings is 1. The molecule has 1 aromatic rings. The molecule has 0 radical (unpaired) electrons. The fourth-order valence-corrected chi connectivity index (χ4v) is 5.00. The van der Waals surface area contributed by atoms with Crippen LogP contribution in [0.5, 0.6) is 0 Å². The molecule has 1 nitrogen and oxygen atoms in total. The molecule has 1 fully saturated rings. The number of rotatable bonds is 1. The Balaban J connectivity index is 2.08. The van der Waals surface area contributed by atoms with E-state index in [4.69, 9.17) is 0 Å². The van der Waals surface area contributed by atoms with Gasteiger partial charge in [0.25, 0.3) is 0 Å². The van der Waals surface area contributed by atoms with Gasteiger partial charge < -0.3 is 0 Å². The van der Waals surface area contributed by atoms with Gasteiger partial charge in [0, 0.05) is 0 Å². The van der Waals surface area contributed by atoms with Gasteiger partial charge in [-0.25, -0.2) is 0 Å². The molecule has 0 saturated heterocycles. The van der Waals surface area contributed by atoms with Crippen molar-refractivity contribution >= 4 is 0 Å². The second-order valence-electron chi connectivity index (χ2n) is 7.96. The number of hydrogen-bond acceptors (Lipinski definition) is 1. The monoisotopic (exact) mass is 281 g/mol. The minimum absolute atomic E-state index is 0.137. The largest absolute Gasteiger partial charge is 0.198 e. The van der Waals surface area contributed by atoms with E-state index >= 15 is 0 Å². The molecule has 0 N–H and O–H groups in total. The summed E-state index contributed by atoms with van der Waals surface area (Å²) >= 11 is 0. The molecule has 0 aliphatic heterocycles. The number of nitriles is 1. The molecule has 1 heteroatoms. The van der Waals surface area contributed by atoms with E-state index in [1.54, 1.807) is 5.56 Å². The normalized spacial score (nSPS) is 35.0. The molecule has 2 aliphatic carbocycles. The third-order valence-electron chi connectivity index (χ3n) is 6.30. The van der Waals surface area contributed by atoms with E-state index < -0.39 is 0 Å². The van der Waals surface area contributed by atoms with Crippen LogP contribution < -0.4 is 0 Å². The van der Waals surface area contributed by atoms with Gasteiger partial charge in [-0.15, -0.1) is 0 Å². The fraction of sp³-hybridized carbons (Fsp3) is 0.650. The Labute approximate surface area is 129 Å². The smallest absolute Gasteiger partial charge is 0.0690 e. The Morgan fingerprint density at radius 1 is 1.24 bits per heavy atom. The zero-order valence-corrected chi connectivity index (χ0v) is 13.9. The molecule has 0 unspecified atom stereocenters. The second-order valence-corrected chi connectivity index (χ2v) is 7.96.